The van der Waals surface area contributed by atoms with Gasteiger partial charge in [-0.05, 0) is 70.1 Å². The predicted octanol–water partition coefficient (Wildman–Crippen LogP) is 3.90. The number of carbonyl (C=O) groups excluding carboxylic acids is 2. The van der Waals surface area contributed by atoms with E-state index in [-0.39, 0.29) is 17.5 Å². The second-order valence-electron chi connectivity index (χ2n) is 11.0. The molecule has 0 atom stereocenters. The van der Waals surface area contributed by atoms with Gasteiger partial charge < -0.3 is 14.5 Å². The molecule has 2 aliphatic heterocycles. The van der Waals surface area contributed by atoms with Crippen LogP contribution in [-0.4, -0.2) is 64.5 Å². The molecule has 1 spiro atoms. The molecule has 0 radical (unpaired) electrons. The van der Waals surface area contributed by atoms with Gasteiger partial charge in [0.05, 0.1) is 12.0 Å². The van der Waals surface area contributed by atoms with Crippen LogP contribution in [0.5, 0.6) is 5.75 Å². The Bertz CT molecular complexity index is 1180. The third-order valence-corrected chi connectivity index (χ3v) is 8.25. The number of rotatable bonds is 4. The maximum Gasteiger partial charge on any atom is 0.347 e. The van der Waals surface area contributed by atoms with Crippen LogP contribution in [0.1, 0.15) is 68.3 Å². The Morgan fingerprint density at radius 1 is 1.03 bits per heavy atom. The number of ether oxygens (including phenoxy) is 1. The standard InChI is InChI=1S/C30H42N4O4/c1-23-22-24(2)34(29(37)31-23)17-9-13-27(35)33-18-15-30(16-19-33)14-8-4-5-10-25-11-6-7-12-26(25)38-21-20-32(3)28(30)36/h6-7,11-12,22H,4-5,8-10,13-21H2,1-3H3. The number of hydrogen-bond donors (Lipinski definition) is 0. The predicted molar refractivity (Wildman–Crippen MR) is 147 cm³/mol. The maximum atomic E-state index is 13.7. The zero-order chi connectivity index (χ0) is 27.1. The van der Waals surface area contributed by atoms with Crippen LogP contribution in [0.3, 0.4) is 0 Å². The molecule has 1 aromatic heterocycles. The van der Waals surface area contributed by atoms with E-state index >= 15 is 0 Å². The molecule has 0 N–H and O–H groups in total. The van der Waals surface area contributed by atoms with E-state index in [0.29, 0.717) is 64.2 Å². The number of fused-ring (bicyclic) bond motifs is 1. The van der Waals surface area contributed by atoms with Gasteiger partial charge in [0.15, 0.2) is 0 Å². The Morgan fingerprint density at radius 3 is 2.55 bits per heavy atom. The molecule has 0 saturated carbocycles. The zero-order valence-corrected chi connectivity index (χ0v) is 23.2. The Morgan fingerprint density at radius 2 is 1.79 bits per heavy atom. The van der Waals surface area contributed by atoms with Crippen LogP contribution in [0.2, 0.25) is 0 Å². The molecule has 1 aromatic carbocycles. The van der Waals surface area contributed by atoms with Gasteiger partial charge in [-0.15, -0.1) is 0 Å². The Kier molecular flexibility index (Phi) is 9.23. The first kappa shape index (κ1) is 27.9. The van der Waals surface area contributed by atoms with Gasteiger partial charge in [0, 0.05) is 44.5 Å². The quantitative estimate of drug-likeness (QED) is 0.608. The Hall–Kier alpha value is -3.16. The molecule has 0 aliphatic carbocycles. The van der Waals surface area contributed by atoms with Crippen LogP contribution in [0, 0.1) is 19.3 Å². The van der Waals surface area contributed by atoms with Crippen LogP contribution in [0.4, 0.5) is 0 Å². The number of para-hydroxylation sites is 1. The third-order valence-electron chi connectivity index (χ3n) is 8.25. The molecule has 0 bridgehead atoms. The van der Waals surface area contributed by atoms with E-state index in [1.165, 1.54) is 5.56 Å². The minimum Gasteiger partial charge on any atom is -0.491 e. The van der Waals surface area contributed by atoms with Crippen molar-refractivity contribution in [3.05, 3.63) is 57.8 Å². The van der Waals surface area contributed by atoms with Gasteiger partial charge in [0.25, 0.3) is 0 Å². The van der Waals surface area contributed by atoms with E-state index in [9.17, 15) is 14.4 Å². The lowest BCUT2D eigenvalue weighted by Crippen LogP contribution is -2.51. The lowest BCUT2D eigenvalue weighted by molar-refractivity contribution is -0.148. The monoisotopic (exact) mass is 522 g/mol. The van der Waals surface area contributed by atoms with Crippen molar-refractivity contribution in [2.75, 3.05) is 33.3 Å². The van der Waals surface area contributed by atoms with Gasteiger partial charge in [-0.25, -0.2) is 4.79 Å². The van der Waals surface area contributed by atoms with Crippen molar-refractivity contribution in [1.82, 2.24) is 19.4 Å². The summed E-state index contributed by atoms with van der Waals surface area (Å²) >= 11 is 0. The minimum atomic E-state index is -0.412. The number of aromatic nitrogens is 2. The van der Waals surface area contributed by atoms with Crippen LogP contribution >= 0.6 is 0 Å². The molecule has 2 amide bonds. The van der Waals surface area contributed by atoms with E-state index < -0.39 is 5.41 Å². The summed E-state index contributed by atoms with van der Waals surface area (Å²) in [5.41, 5.74) is 2.14. The molecule has 4 rings (SSSR count). The van der Waals surface area contributed by atoms with Crippen molar-refractivity contribution in [3.63, 3.8) is 0 Å². The van der Waals surface area contributed by atoms with Gasteiger partial charge in [0.2, 0.25) is 11.8 Å². The Labute approximate surface area is 226 Å². The van der Waals surface area contributed by atoms with E-state index in [4.69, 9.17) is 4.74 Å². The van der Waals surface area contributed by atoms with Crippen molar-refractivity contribution >= 4 is 11.8 Å². The fourth-order valence-corrected chi connectivity index (χ4v) is 5.95. The van der Waals surface area contributed by atoms with Crippen LogP contribution in [-0.2, 0) is 22.6 Å². The fraction of sp³-hybridized carbons (Fsp3) is 0.600. The molecular formula is C30H42N4O4. The summed E-state index contributed by atoms with van der Waals surface area (Å²) in [6.45, 7) is 6.41. The zero-order valence-electron chi connectivity index (χ0n) is 23.2. The molecule has 8 heteroatoms. The van der Waals surface area contributed by atoms with Crippen molar-refractivity contribution in [3.8, 4) is 5.75 Å². The van der Waals surface area contributed by atoms with Crippen LogP contribution in [0.25, 0.3) is 0 Å². The minimum absolute atomic E-state index is 0.0993. The maximum absolute atomic E-state index is 13.7. The summed E-state index contributed by atoms with van der Waals surface area (Å²) in [6, 6.07) is 10.1. The highest BCUT2D eigenvalue weighted by Gasteiger charge is 2.43. The average molecular weight is 523 g/mol. The highest BCUT2D eigenvalue weighted by molar-refractivity contribution is 5.83. The lowest BCUT2D eigenvalue weighted by Gasteiger charge is -2.42. The fourth-order valence-electron chi connectivity index (χ4n) is 5.95. The van der Waals surface area contributed by atoms with Gasteiger partial charge in [-0.3, -0.25) is 14.2 Å². The SMILES string of the molecule is Cc1cc(C)n(CCCC(=O)N2CCC3(CCCCCc4ccccc4OCCN(C)C3=O)CC2)c(=O)n1. The smallest absolute Gasteiger partial charge is 0.347 e. The molecule has 1 fully saturated rings. The number of amides is 2. The van der Waals surface area contributed by atoms with E-state index in [1.807, 2.05) is 48.9 Å². The van der Waals surface area contributed by atoms with Crippen molar-refractivity contribution in [2.45, 2.75) is 78.2 Å². The highest BCUT2D eigenvalue weighted by Crippen LogP contribution is 2.39. The number of benzene rings is 1. The number of aryl methyl sites for hydroxylation is 3. The molecule has 3 heterocycles. The van der Waals surface area contributed by atoms with E-state index in [2.05, 4.69) is 17.1 Å². The first-order chi connectivity index (χ1) is 18.3. The van der Waals surface area contributed by atoms with Crippen LogP contribution < -0.4 is 10.4 Å². The topological polar surface area (TPSA) is 84.7 Å². The second-order valence-corrected chi connectivity index (χ2v) is 11.0. The molecule has 0 unspecified atom stereocenters. The van der Waals surface area contributed by atoms with Crippen molar-refractivity contribution in [1.29, 1.82) is 0 Å². The second kappa shape index (κ2) is 12.6. The third kappa shape index (κ3) is 6.63. The molecular weight excluding hydrogens is 480 g/mol. The molecule has 8 nitrogen and oxygen atoms in total. The summed E-state index contributed by atoms with van der Waals surface area (Å²) in [5.74, 6) is 1.21. The summed E-state index contributed by atoms with van der Waals surface area (Å²) in [6.07, 6.45) is 7.38. The molecule has 2 aromatic rings. The first-order valence-corrected chi connectivity index (χ1v) is 14.1. The molecule has 38 heavy (non-hydrogen) atoms. The van der Waals surface area contributed by atoms with Gasteiger partial charge in [-0.2, -0.15) is 4.98 Å². The summed E-state index contributed by atoms with van der Waals surface area (Å²) in [4.78, 5) is 46.6. The van der Waals surface area contributed by atoms with Crippen LogP contribution in [0.15, 0.2) is 35.1 Å². The largest absolute Gasteiger partial charge is 0.491 e. The highest BCUT2D eigenvalue weighted by atomic mass is 16.5. The normalized spacial score (nSPS) is 18.7. The van der Waals surface area contributed by atoms with Crippen molar-refractivity contribution < 1.29 is 14.3 Å². The number of carbonyl (C=O) groups is 2. The van der Waals surface area contributed by atoms with Gasteiger partial charge >= 0.3 is 5.69 Å². The summed E-state index contributed by atoms with van der Waals surface area (Å²) in [7, 11) is 1.88. The number of likely N-dealkylation sites (N-methyl/N-ethyl adjacent to an activating group) is 1. The number of hydrogen-bond acceptors (Lipinski definition) is 5. The molecule has 1 saturated heterocycles. The first-order valence-electron chi connectivity index (χ1n) is 14.1. The Balaban J connectivity index is 1.33. The van der Waals surface area contributed by atoms with E-state index in [1.54, 1.807) is 4.57 Å². The van der Waals surface area contributed by atoms with E-state index in [0.717, 1.165) is 43.5 Å². The molecule has 2 aliphatic rings. The summed E-state index contributed by atoms with van der Waals surface area (Å²) in [5, 5.41) is 0. The molecule has 206 valence electrons. The van der Waals surface area contributed by atoms with Gasteiger partial charge in [0.1, 0.15) is 12.4 Å². The average Bonchev–Trinajstić information content (AvgIpc) is 2.90. The lowest BCUT2D eigenvalue weighted by atomic mass is 9.73. The number of likely N-dealkylation sites (tertiary alicyclic amines) is 1. The number of nitrogens with zero attached hydrogens (tertiary/aromatic N) is 4. The number of piperidine rings is 1. The van der Waals surface area contributed by atoms with Crippen molar-refractivity contribution in [2.24, 2.45) is 5.41 Å². The van der Waals surface area contributed by atoms with Gasteiger partial charge in [-0.1, -0.05) is 31.0 Å². The summed E-state index contributed by atoms with van der Waals surface area (Å²) < 4.78 is 7.70.